The molecule has 0 unspecified atom stereocenters. The average molecular weight is 339 g/mol. The van der Waals surface area contributed by atoms with Gasteiger partial charge in [0.15, 0.2) is 0 Å². The summed E-state index contributed by atoms with van der Waals surface area (Å²) in [6, 6.07) is 6.49. The van der Waals surface area contributed by atoms with E-state index in [1.54, 1.807) is 12.1 Å². The van der Waals surface area contributed by atoms with E-state index in [0.29, 0.717) is 6.54 Å². The molecule has 0 aliphatic carbocycles. The van der Waals surface area contributed by atoms with E-state index < -0.39 is 10.0 Å². The topological polar surface area (TPSA) is 83.7 Å². The number of primary sulfonamides is 1. The highest BCUT2D eigenvalue weighted by Crippen LogP contribution is 2.21. The van der Waals surface area contributed by atoms with E-state index in [4.69, 9.17) is 5.14 Å². The van der Waals surface area contributed by atoms with E-state index in [1.165, 1.54) is 12.5 Å². The summed E-state index contributed by atoms with van der Waals surface area (Å²) in [4.78, 5) is 16.3. The van der Waals surface area contributed by atoms with Gasteiger partial charge in [-0.2, -0.15) is 0 Å². The van der Waals surface area contributed by atoms with Gasteiger partial charge in [0.05, 0.1) is 11.4 Å². The van der Waals surface area contributed by atoms with Crippen molar-refractivity contribution in [1.29, 1.82) is 0 Å². The molecule has 0 spiro atoms. The lowest BCUT2D eigenvalue weighted by atomic mass is 10.1. The van der Waals surface area contributed by atoms with Crippen LogP contribution in [0.4, 0.5) is 0 Å². The first-order chi connectivity index (χ1) is 10.8. The summed E-state index contributed by atoms with van der Waals surface area (Å²) in [7, 11) is -1.85. The summed E-state index contributed by atoms with van der Waals surface area (Å²) in [6.45, 7) is 3.94. The largest absolute Gasteiger partial charge is 0.342 e. The van der Waals surface area contributed by atoms with Crippen molar-refractivity contribution in [3.05, 3.63) is 29.8 Å². The van der Waals surface area contributed by atoms with Crippen LogP contribution in [0.2, 0.25) is 0 Å². The summed E-state index contributed by atoms with van der Waals surface area (Å²) in [6.07, 6.45) is 3.33. The number of nitrogens with zero attached hydrogens (tertiary/aromatic N) is 2. The van der Waals surface area contributed by atoms with Crippen LogP contribution in [0.1, 0.15) is 37.8 Å². The first-order valence-electron chi connectivity index (χ1n) is 7.90. The number of hydrogen-bond acceptors (Lipinski definition) is 4. The Morgan fingerprint density at radius 3 is 2.57 bits per heavy atom. The Hall–Kier alpha value is -1.44. The fourth-order valence-electron chi connectivity index (χ4n) is 2.80. The van der Waals surface area contributed by atoms with Gasteiger partial charge < -0.3 is 4.90 Å². The van der Waals surface area contributed by atoms with Gasteiger partial charge in [-0.05, 0) is 50.9 Å². The summed E-state index contributed by atoms with van der Waals surface area (Å²) in [5, 5.41) is 5.18. The second kappa shape index (κ2) is 7.42. The lowest BCUT2D eigenvalue weighted by molar-refractivity contribution is -0.133. The fourth-order valence-corrected chi connectivity index (χ4v) is 3.37. The van der Waals surface area contributed by atoms with Gasteiger partial charge in [-0.1, -0.05) is 12.1 Å². The SMILES string of the molecule is C[C@H](c1cccc(S(N)(=O)=O)c1)N(C)CC(=O)N1CCCCC1. The normalized spacial score (nSPS) is 17.3. The third-order valence-corrected chi connectivity index (χ3v) is 5.33. The van der Waals surface area contributed by atoms with Gasteiger partial charge in [0.2, 0.25) is 15.9 Å². The van der Waals surface area contributed by atoms with Crippen molar-refractivity contribution in [1.82, 2.24) is 9.80 Å². The maximum absolute atomic E-state index is 12.3. The van der Waals surface area contributed by atoms with Crippen LogP contribution in [0.5, 0.6) is 0 Å². The fraction of sp³-hybridized carbons (Fsp3) is 0.562. The molecule has 23 heavy (non-hydrogen) atoms. The molecular weight excluding hydrogens is 314 g/mol. The van der Waals surface area contributed by atoms with E-state index >= 15 is 0 Å². The monoisotopic (exact) mass is 339 g/mol. The highest BCUT2D eigenvalue weighted by atomic mass is 32.2. The molecule has 1 aliphatic rings. The third-order valence-electron chi connectivity index (χ3n) is 4.42. The number of sulfonamides is 1. The molecular formula is C16H25N3O3S. The minimum absolute atomic E-state index is 0.0783. The quantitative estimate of drug-likeness (QED) is 0.877. The number of carbonyl (C=O) groups is 1. The van der Waals surface area contributed by atoms with Gasteiger partial charge in [-0.25, -0.2) is 13.6 Å². The molecule has 1 aliphatic heterocycles. The summed E-state index contributed by atoms with van der Waals surface area (Å²) in [5.74, 6) is 0.127. The summed E-state index contributed by atoms with van der Waals surface area (Å²) >= 11 is 0. The maximum Gasteiger partial charge on any atom is 0.238 e. The molecule has 6 nitrogen and oxygen atoms in total. The number of benzene rings is 1. The van der Waals surface area contributed by atoms with Gasteiger partial charge in [-0.3, -0.25) is 9.69 Å². The predicted molar refractivity (Wildman–Crippen MR) is 89.3 cm³/mol. The molecule has 0 saturated carbocycles. The molecule has 1 amide bonds. The van der Waals surface area contributed by atoms with Crippen LogP contribution in [0.3, 0.4) is 0 Å². The van der Waals surface area contributed by atoms with Crippen LogP contribution in [0.15, 0.2) is 29.2 Å². The van der Waals surface area contributed by atoms with E-state index in [0.717, 1.165) is 31.5 Å². The van der Waals surface area contributed by atoms with Gasteiger partial charge in [0.25, 0.3) is 0 Å². The van der Waals surface area contributed by atoms with Crippen LogP contribution in [0, 0.1) is 0 Å². The highest BCUT2D eigenvalue weighted by molar-refractivity contribution is 7.89. The first-order valence-corrected chi connectivity index (χ1v) is 9.44. The van der Waals surface area contributed by atoms with Crippen LogP contribution in [-0.4, -0.2) is 50.8 Å². The molecule has 2 rings (SSSR count). The van der Waals surface area contributed by atoms with Gasteiger partial charge >= 0.3 is 0 Å². The number of piperidine rings is 1. The van der Waals surface area contributed by atoms with E-state index in [-0.39, 0.29) is 16.8 Å². The summed E-state index contributed by atoms with van der Waals surface area (Å²) < 4.78 is 22.9. The lowest BCUT2D eigenvalue weighted by Gasteiger charge is -2.31. The zero-order valence-electron chi connectivity index (χ0n) is 13.7. The number of likely N-dealkylation sites (tertiary alicyclic amines) is 1. The Bertz CT molecular complexity index is 654. The number of rotatable bonds is 5. The van der Waals surface area contributed by atoms with Crippen LogP contribution in [-0.2, 0) is 14.8 Å². The van der Waals surface area contributed by atoms with Crippen molar-refractivity contribution in [2.75, 3.05) is 26.7 Å². The average Bonchev–Trinajstić information content (AvgIpc) is 2.54. The molecule has 1 heterocycles. The third kappa shape index (κ3) is 4.76. The number of likely N-dealkylation sites (N-methyl/N-ethyl adjacent to an activating group) is 1. The van der Waals surface area contributed by atoms with Crippen molar-refractivity contribution in [2.24, 2.45) is 5.14 Å². The molecule has 0 radical (unpaired) electrons. The Balaban J connectivity index is 2.04. The molecule has 0 aromatic heterocycles. The van der Waals surface area contributed by atoms with Crippen LogP contribution < -0.4 is 5.14 Å². The van der Waals surface area contributed by atoms with Gasteiger partial charge in [0, 0.05) is 19.1 Å². The first kappa shape index (κ1) is 17.9. The Kier molecular flexibility index (Phi) is 5.78. The maximum atomic E-state index is 12.3. The Morgan fingerprint density at radius 2 is 1.96 bits per heavy atom. The van der Waals surface area contributed by atoms with Crippen molar-refractivity contribution >= 4 is 15.9 Å². The van der Waals surface area contributed by atoms with Crippen LogP contribution in [0.25, 0.3) is 0 Å². The standard InChI is InChI=1S/C16H25N3O3S/c1-13(14-7-6-8-15(11-14)23(17,21)22)18(2)12-16(20)19-9-4-3-5-10-19/h6-8,11,13H,3-5,9-10,12H2,1-2H3,(H2,17,21,22)/t13-/m1/s1. The van der Waals surface area contributed by atoms with E-state index in [1.807, 2.05) is 29.8 Å². The van der Waals surface area contributed by atoms with Crippen LogP contribution >= 0.6 is 0 Å². The van der Waals surface area contributed by atoms with Crippen molar-refractivity contribution < 1.29 is 13.2 Å². The molecule has 128 valence electrons. The molecule has 1 aromatic carbocycles. The molecule has 0 bridgehead atoms. The van der Waals surface area contributed by atoms with Crippen molar-refractivity contribution in [3.63, 3.8) is 0 Å². The van der Waals surface area contributed by atoms with Gasteiger partial charge in [-0.15, -0.1) is 0 Å². The molecule has 1 atom stereocenters. The smallest absolute Gasteiger partial charge is 0.238 e. The zero-order valence-corrected chi connectivity index (χ0v) is 14.6. The predicted octanol–water partition coefficient (Wildman–Crippen LogP) is 1.34. The zero-order chi connectivity index (χ0) is 17.0. The highest BCUT2D eigenvalue weighted by Gasteiger charge is 2.21. The Morgan fingerprint density at radius 1 is 1.30 bits per heavy atom. The van der Waals surface area contributed by atoms with E-state index in [2.05, 4.69) is 0 Å². The second-order valence-electron chi connectivity index (χ2n) is 6.15. The molecule has 2 N–H and O–H groups in total. The number of amides is 1. The van der Waals surface area contributed by atoms with Crippen molar-refractivity contribution in [2.45, 2.75) is 37.1 Å². The number of nitrogens with two attached hydrogens (primary N) is 1. The van der Waals surface area contributed by atoms with Gasteiger partial charge in [0.1, 0.15) is 0 Å². The number of carbonyl (C=O) groups excluding carboxylic acids is 1. The summed E-state index contributed by atoms with van der Waals surface area (Å²) in [5.41, 5.74) is 0.825. The number of hydrogen-bond donors (Lipinski definition) is 1. The minimum atomic E-state index is -3.72. The van der Waals surface area contributed by atoms with Crippen molar-refractivity contribution in [3.8, 4) is 0 Å². The second-order valence-corrected chi connectivity index (χ2v) is 7.71. The molecule has 1 saturated heterocycles. The molecule has 1 fully saturated rings. The molecule has 7 heteroatoms. The van der Waals surface area contributed by atoms with E-state index in [9.17, 15) is 13.2 Å². The Labute approximate surface area is 138 Å². The lowest BCUT2D eigenvalue weighted by Crippen LogP contribution is -2.42. The molecule has 1 aromatic rings. The minimum Gasteiger partial charge on any atom is -0.342 e.